The zero-order chi connectivity index (χ0) is 18.9. The average Bonchev–Trinajstić information content (AvgIpc) is 2.63. The maximum atomic E-state index is 11.9. The molecule has 0 aliphatic carbocycles. The average molecular weight is 357 g/mol. The first-order valence-corrected chi connectivity index (χ1v) is 8.28. The second-order valence-electron chi connectivity index (χ2n) is 5.50. The first-order valence-electron chi connectivity index (χ1n) is 8.28. The number of imide groups is 1. The Labute approximate surface area is 152 Å². The van der Waals surface area contributed by atoms with Gasteiger partial charge < -0.3 is 20.5 Å². The molecule has 0 aliphatic rings. The van der Waals surface area contributed by atoms with Crippen LogP contribution in [0, 0.1) is 0 Å². The van der Waals surface area contributed by atoms with Crippen LogP contribution in [0.4, 0.5) is 10.5 Å². The Morgan fingerprint density at radius 2 is 1.81 bits per heavy atom. The van der Waals surface area contributed by atoms with Gasteiger partial charge in [-0.3, -0.25) is 10.1 Å². The van der Waals surface area contributed by atoms with Crippen molar-refractivity contribution in [2.75, 3.05) is 26.0 Å². The SMILES string of the molecule is CCOc1ccc(CCNC(=O)NC(=O)c2ccc(N)cc2)cc1OC. The molecule has 0 unspecified atom stereocenters. The molecule has 0 fully saturated rings. The van der Waals surface area contributed by atoms with Crippen LogP contribution >= 0.6 is 0 Å². The molecule has 0 aromatic heterocycles. The van der Waals surface area contributed by atoms with E-state index in [-0.39, 0.29) is 0 Å². The van der Waals surface area contributed by atoms with Crippen molar-refractivity contribution < 1.29 is 19.1 Å². The molecule has 0 aliphatic heterocycles. The number of urea groups is 1. The molecule has 0 atom stereocenters. The van der Waals surface area contributed by atoms with E-state index in [0.29, 0.717) is 42.3 Å². The van der Waals surface area contributed by atoms with E-state index >= 15 is 0 Å². The number of carbonyl (C=O) groups is 2. The number of ether oxygens (including phenoxy) is 2. The van der Waals surface area contributed by atoms with Crippen LogP contribution in [0.1, 0.15) is 22.8 Å². The van der Waals surface area contributed by atoms with Crippen molar-refractivity contribution in [3.8, 4) is 11.5 Å². The van der Waals surface area contributed by atoms with Gasteiger partial charge in [0, 0.05) is 17.8 Å². The predicted molar refractivity (Wildman–Crippen MR) is 99.6 cm³/mol. The minimum Gasteiger partial charge on any atom is -0.493 e. The zero-order valence-electron chi connectivity index (χ0n) is 14.9. The molecule has 7 nitrogen and oxygen atoms in total. The zero-order valence-corrected chi connectivity index (χ0v) is 14.9. The number of hydrogen-bond acceptors (Lipinski definition) is 5. The third kappa shape index (κ3) is 5.41. The van der Waals surface area contributed by atoms with Gasteiger partial charge in [-0.05, 0) is 55.3 Å². The van der Waals surface area contributed by atoms with Crippen LogP contribution in [0.15, 0.2) is 42.5 Å². The van der Waals surface area contributed by atoms with Crippen LogP contribution in [0.2, 0.25) is 0 Å². The number of anilines is 1. The van der Waals surface area contributed by atoms with Crippen LogP contribution in [-0.4, -0.2) is 32.2 Å². The van der Waals surface area contributed by atoms with E-state index in [1.54, 1.807) is 31.4 Å². The summed E-state index contributed by atoms with van der Waals surface area (Å²) in [5, 5.41) is 4.93. The molecule has 7 heteroatoms. The molecule has 26 heavy (non-hydrogen) atoms. The number of nitrogen functional groups attached to an aromatic ring is 1. The fraction of sp³-hybridized carbons (Fsp3) is 0.263. The molecule has 3 amide bonds. The Balaban J connectivity index is 1.82. The molecule has 0 saturated heterocycles. The summed E-state index contributed by atoms with van der Waals surface area (Å²) in [6, 6.07) is 11.4. The highest BCUT2D eigenvalue weighted by Gasteiger charge is 2.10. The van der Waals surface area contributed by atoms with Crippen LogP contribution in [-0.2, 0) is 6.42 Å². The highest BCUT2D eigenvalue weighted by atomic mass is 16.5. The lowest BCUT2D eigenvalue weighted by atomic mass is 10.1. The number of rotatable bonds is 7. The molecule has 2 aromatic rings. The smallest absolute Gasteiger partial charge is 0.321 e. The molecular weight excluding hydrogens is 334 g/mol. The van der Waals surface area contributed by atoms with Gasteiger partial charge in [-0.2, -0.15) is 0 Å². The molecule has 0 saturated carbocycles. The summed E-state index contributed by atoms with van der Waals surface area (Å²) >= 11 is 0. The Hall–Kier alpha value is -3.22. The van der Waals surface area contributed by atoms with Gasteiger partial charge in [0.05, 0.1) is 13.7 Å². The van der Waals surface area contributed by atoms with Gasteiger partial charge in [0.25, 0.3) is 5.91 Å². The molecule has 2 rings (SSSR count). The van der Waals surface area contributed by atoms with E-state index in [4.69, 9.17) is 15.2 Å². The molecule has 4 N–H and O–H groups in total. The van der Waals surface area contributed by atoms with Crippen molar-refractivity contribution in [2.24, 2.45) is 0 Å². The molecule has 138 valence electrons. The van der Waals surface area contributed by atoms with Crippen molar-refractivity contribution in [1.29, 1.82) is 0 Å². The monoisotopic (exact) mass is 357 g/mol. The van der Waals surface area contributed by atoms with E-state index in [1.807, 2.05) is 25.1 Å². The molecule has 0 heterocycles. The number of methoxy groups -OCH3 is 1. The highest BCUT2D eigenvalue weighted by Crippen LogP contribution is 2.28. The third-order valence-electron chi connectivity index (χ3n) is 3.63. The van der Waals surface area contributed by atoms with Crippen molar-refractivity contribution in [1.82, 2.24) is 10.6 Å². The van der Waals surface area contributed by atoms with Crippen LogP contribution in [0.5, 0.6) is 11.5 Å². The van der Waals surface area contributed by atoms with E-state index in [1.165, 1.54) is 0 Å². The first-order chi connectivity index (χ1) is 12.5. The van der Waals surface area contributed by atoms with E-state index in [9.17, 15) is 9.59 Å². The normalized spacial score (nSPS) is 10.1. The summed E-state index contributed by atoms with van der Waals surface area (Å²) in [6.07, 6.45) is 0.590. The van der Waals surface area contributed by atoms with E-state index in [0.717, 1.165) is 5.56 Å². The van der Waals surface area contributed by atoms with Gasteiger partial charge in [0.1, 0.15) is 0 Å². The maximum Gasteiger partial charge on any atom is 0.321 e. The number of amides is 3. The minimum absolute atomic E-state index is 0.366. The Bertz CT molecular complexity index is 760. The molecular formula is C19H23N3O4. The summed E-state index contributed by atoms with van der Waals surface area (Å²) < 4.78 is 10.8. The largest absolute Gasteiger partial charge is 0.493 e. The van der Waals surface area contributed by atoms with Crippen molar-refractivity contribution in [2.45, 2.75) is 13.3 Å². The third-order valence-corrected chi connectivity index (χ3v) is 3.63. The summed E-state index contributed by atoms with van der Waals surface area (Å²) in [5.41, 5.74) is 7.47. The number of nitrogens with two attached hydrogens (primary N) is 1. The topological polar surface area (TPSA) is 103 Å². The van der Waals surface area contributed by atoms with Crippen LogP contribution in [0.25, 0.3) is 0 Å². The van der Waals surface area contributed by atoms with Gasteiger partial charge in [0.15, 0.2) is 11.5 Å². The van der Waals surface area contributed by atoms with E-state index < -0.39 is 11.9 Å². The van der Waals surface area contributed by atoms with Gasteiger partial charge in [0.2, 0.25) is 0 Å². The summed E-state index contributed by atoms with van der Waals surface area (Å²) in [5.74, 6) is 0.844. The fourth-order valence-electron chi connectivity index (χ4n) is 2.32. The molecule has 2 aromatic carbocycles. The lowest BCUT2D eigenvalue weighted by Gasteiger charge is -2.11. The molecule has 0 spiro atoms. The lowest BCUT2D eigenvalue weighted by Crippen LogP contribution is -2.40. The van der Waals surface area contributed by atoms with Gasteiger partial charge in [-0.1, -0.05) is 6.07 Å². The van der Waals surface area contributed by atoms with Crippen molar-refractivity contribution >= 4 is 17.6 Å². The predicted octanol–water partition coefficient (Wildman–Crippen LogP) is 2.36. The molecule has 0 radical (unpaired) electrons. The fourth-order valence-corrected chi connectivity index (χ4v) is 2.32. The van der Waals surface area contributed by atoms with Crippen LogP contribution in [0.3, 0.4) is 0 Å². The minimum atomic E-state index is -0.551. The van der Waals surface area contributed by atoms with Crippen molar-refractivity contribution in [3.05, 3.63) is 53.6 Å². The van der Waals surface area contributed by atoms with Gasteiger partial charge in [-0.25, -0.2) is 4.79 Å². The van der Waals surface area contributed by atoms with Crippen LogP contribution < -0.4 is 25.8 Å². The first kappa shape index (κ1) is 19.1. The standard InChI is InChI=1S/C19H23N3O4/c1-3-26-16-9-4-13(12-17(16)25-2)10-11-21-19(24)22-18(23)14-5-7-15(20)8-6-14/h4-9,12H,3,10-11,20H2,1-2H3,(H2,21,22,23,24). The van der Waals surface area contributed by atoms with E-state index in [2.05, 4.69) is 10.6 Å². The number of hydrogen-bond donors (Lipinski definition) is 3. The summed E-state index contributed by atoms with van der Waals surface area (Å²) in [4.78, 5) is 23.8. The quantitative estimate of drug-likeness (QED) is 0.660. The second kappa shape index (κ2) is 9.31. The molecule has 0 bridgehead atoms. The summed E-state index contributed by atoms with van der Waals surface area (Å²) in [6.45, 7) is 2.83. The lowest BCUT2D eigenvalue weighted by molar-refractivity contribution is 0.0964. The Morgan fingerprint density at radius 3 is 2.46 bits per heavy atom. The second-order valence-corrected chi connectivity index (χ2v) is 5.50. The van der Waals surface area contributed by atoms with Gasteiger partial charge in [-0.15, -0.1) is 0 Å². The Kier molecular flexibility index (Phi) is 6.84. The number of carbonyl (C=O) groups excluding carboxylic acids is 2. The highest BCUT2D eigenvalue weighted by molar-refractivity contribution is 6.04. The summed E-state index contributed by atoms with van der Waals surface area (Å²) in [7, 11) is 1.58. The Morgan fingerprint density at radius 1 is 1.08 bits per heavy atom. The number of nitrogens with one attached hydrogen (secondary N) is 2. The number of benzene rings is 2. The van der Waals surface area contributed by atoms with Gasteiger partial charge >= 0.3 is 6.03 Å². The maximum absolute atomic E-state index is 11.9. The van der Waals surface area contributed by atoms with Crippen molar-refractivity contribution in [3.63, 3.8) is 0 Å².